The molecule has 1 amide bonds. The summed E-state index contributed by atoms with van der Waals surface area (Å²) in [5.74, 6) is 1.76. The zero-order valence-electron chi connectivity index (χ0n) is 19.7. The van der Waals surface area contributed by atoms with Crippen LogP contribution in [0.1, 0.15) is 27.7 Å². The Hall–Kier alpha value is -3.67. The Morgan fingerprint density at radius 3 is 1.70 bits per heavy atom. The van der Waals surface area contributed by atoms with Crippen LogP contribution in [0, 0.1) is 0 Å². The summed E-state index contributed by atoms with van der Waals surface area (Å²) in [5.41, 5.74) is 3.43. The molecule has 0 saturated carbocycles. The van der Waals surface area contributed by atoms with E-state index in [0.29, 0.717) is 28.6 Å². The third-order valence-electron chi connectivity index (χ3n) is 5.98. The van der Waals surface area contributed by atoms with Crippen molar-refractivity contribution in [2.45, 2.75) is 27.7 Å². The van der Waals surface area contributed by atoms with Crippen molar-refractivity contribution in [1.82, 2.24) is 0 Å². The van der Waals surface area contributed by atoms with Crippen molar-refractivity contribution < 1.29 is 14.3 Å². The summed E-state index contributed by atoms with van der Waals surface area (Å²) >= 11 is 0. The third-order valence-corrected chi connectivity index (χ3v) is 5.98. The molecule has 3 aromatic rings. The van der Waals surface area contributed by atoms with Gasteiger partial charge in [-0.25, -0.2) is 9.69 Å². The first-order chi connectivity index (χ1) is 16.1. The second-order valence-corrected chi connectivity index (χ2v) is 7.77. The van der Waals surface area contributed by atoms with E-state index < -0.39 is 6.09 Å². The number of hydrogen-bond donors (Lipinski definition) is 0. The average Bonchev–Trinajstić information content (AvgIpc) is 2.84. The molecule has 1 aliphatic heterocycles. The highest BCUT2D eigenvalue weighted by Crippen LogP contribution is 2.49. The fourth-order valence-electron chi connectivity index (χ4n) is 4.19. The number of hydrogen-bond acceptors (Lipinski definition) is 5. The highest BCUT2D eigenvalue weighted by atomic mass is 16.6. The molecule has 0 spiro atoms. The molecule has 4 rings (SSSR count). The summed E-state index contributed by atoms with van der Waals surface area (Å²) in [4.78, 5) is 19.5. The fraction of sp³-hybridized carbons (Fsp3) is 0.296. The summed E-state index contributed by atoms with van der Waals surface area (Å²) in [5, 5.41) is 0. The number of amides is 1. The zero-order chi connectivity index (χ0) is 23.4. The highest BCUT2D eigenvalue weighted by molar-refractivity contribution is 6.02. The van der Waals surface area contributed by atoms with Crippen molar-refractivity contribution >= 4 is 28.8 Å². The standard InChI is InChI=1S/C27H31N3O3/c1-5-28(6-2)20-14-16-23-25(18-20)33-26-19-21(29(7-3)8-4)15-17-24(26)30(23)27(31)32-22-12-10-9-11-13-22/h9-19H,5-8H2,1-4H3. The maximum absolute atomic E-state index is 13.4. The van der Waals surface area contributed by atoms with Crippen molar-refractivity contribution in [1.29, 1.82) is 0 Å². The number of carbonyl (C=O) groups is 1. The van der Waals surface area contributed by atoms with E-state index in [1.54, 1.807) is 17.0 Å². The molecule has 0 aromatic heterocycles. The lowest BCUT2D eigenvalue weighted by molar-refractivity contribution is 0.209. The van der Waals surface area contributed by atoms with E-state index in [1.807, 2.05) is 54.6 Å². The molecule has 1 heterocycles. The molecule has 0 radical (unpaired) electrons. The smallest absolute Gasteiger partial charge is 0.424 e. The van der Waals surface area contributed by atoms with E-state index in [4.69, 9.17) is 9.47 Å². The molecule has 6 heteroatoms. The number of ether oxygens (including phenoxy) is 2. The summed E-state index contributed by atoms with van der Waals surface area (Å²) in [7, 11) is 0. The summed E-state index contributed by atoms with van der Waals surface area (Å²) in [6.07, 6.45) is -0.474. The molecule has 0 bridgehead atoms. The predicted molar refractivity (Wildman–Crippen MR) is 135 cm³/mol. The van der Waals surface area contributed by atoms with Crippen LogP contribution in [0.5, 0.6) is 17.2 Å². The molecule has 6 nitrogen and oxygen atoms in total. The van der Waals surface area contributed by atoms with Gasteiger partial charge in [0.25, 0.3) is 0 Å². The molecule has 0 atom stereocenters. The van der Waals surface area contributed by atoms with Gasteiger partial charge >= 0.3 is 6.09 Å². The van der Waals surface area contributed by atoms with Crippen LogP contribution in [0.15, 0.2) is 66.7 Å². The van der Waals surface area contributed by atoms with Gasteiger partial charge in [-0.3, -0.25) is 0 Å². The van der Waals surface area contributed by atoms with Gasteiger partial charge in [-0.05, 0) is 64.1 Å². The molecule has 0 fully saturated rings. The topological polar surface area (TPSA) is 45.2 Å². The molecule has 0 N–H and O–H groups in total. The lowest BCUT2D eigenvalue weighted by Crippen LogP contribution is -2.32. The first kappa shape index (κ1) is 22.5. The number of para-hydroxylation sites is 1. The lowest BCUT2D eigenvalue weighted by Gasteiger charge is -2.33. The van der Waals surface area contributed by atoms with E-state index in [2.05, 4.69) is 37.5 Å². The molecular weight excluding hydrogens is 414 g/mol. The van der Waals surface area contributed by atoms with Crippen LogP contribution < -0.4 is 24.2 Å². The number of carbonyl (C=O) groups excluding carboxylic acids is 1. The molecular formula is C27H31N3O3. The van der Waals surface area contributed by atoms with Crippen LogP contribution in [0.2, 0.25) is 0 Å². The Bertz CT molecular complexity index is 1050. The van der Waals surface area contributed by atoms with Gasteiger partial charge in [0, 0.05) is 49.7 Å². The molecule has 172 valence electrons. The number of benzene rings is 3. The Morgan fingerprint density at radius 1 is 0.758 bits per heavy atom. The SMILES string of the molecule is CCN(CC)c1ccc2c(c1)Oc1cc(N(CC)CC)ccc1N2C(=O)Oc1ccccc1. The lowest BCUT2D eigenvalue weighted by atomic mass is 10.1. The van der Waals surface area contributed by atoms with E-state index in [1.165, 1.54) is 0 Å². The Kier molecular flexibility index (Phi) is 6.73. The predicted octanol–water partition coefficient (Wildman–Crippen LogP) is 6.82. The van der Waals surface area contributed by atoms with E-state index >= 15 is 0 Å². The number of fused-ring (bicyclic) bond motifs is 2. The van der Waals surface area contributed by atoms with E-state index in [9.17, 15) is 4.79 Å². The van der Waals surface area contributed by atoms with Crippen molar-refractivity contribution in [3.63, 3.8) is 0 Å². The van der Waals surface area contributed by atoms with Gasteiger partial charge in [-0.2, -0.15) is 0 Å². The van der Waals surface area contributed by atoms with Crippen molar-refractivity contribution in [3.05, 3.63) is 66.7 Å². The Morgan fingerprint density at radius 2 is 1.24 bits per heavy atom. The molecule has 0 aliphatic carbocycles. The molecule has 3 aromatic carbocycles. The summed E-state index contributed by atoms with van der Waals surface area (Å²) in [6.45, 7) is 12.0. The minimum absolute atomic E-state index is 0.474. The first-order valence-electron chi connectivity index (χ1n) is 11.6. The largest absolute Gasteiger partial charge is 0.453 e. The Balaban J connectivity index is 1.78. The second kappa shape index (κ2) is 9.86. The van der Waals surface area contributed by atoms with Gasteiger partial charge in [0.1, 0.15) is 5.75 Å². The number of rotatable bonds is 7. The summed E-state index contributed by atoms with van der Waals surface area (Å²) in [6, 6.07) is 21.0. The fourth-order valence-corrected chi connectivity index (χ4v) is 4.19. The van der Waals surface area contributed by atoms with Crippen LogP contribution in [0.4, 0.5) is 27.5 Å². The van der Waals surface area contributed by atoms with Gasteiger partial charge in [0.05, 0.1) is 11.4 Å². The summed E-state index contributed by atoms with van der Waals surface area (Å²) < 4.78 is 12.1. The van der Waals surface area contributed by atoms with Crippen molar-refractivity contribution in [3.8, 4) is 17.2 Å². The minimum Gasteiger partial charge on any atom is -0.453 e. The number of anilines is 4. The Labute approximate surface area is 195 Å². The quantitative estimate of drug-likeness (QED) is 0.399. The first-order valence-corrected chi connectivity index (χ1v) is 11.6. The van der Waals surface area contributed by atoms with Crippen LogP contribution in [-0.4, -0.2) is 32.3 Å². The highest BCUT2D eigenvalue weighted by Gasteiger charge is 2.32. The maximum atomic E-state index is 13.4. The van der Waals surface area contributed by atoms with Crippen LogP contribution >= 0.6 is 0 Å². The number of nitrogens with zero attached hydrogens (tertiary/aromatic N) is 3. The van der Waals surface area contributed by atoms with Gasteiger partial charge < -0.3 is 19.3 Å². The monoisotopic (exact) mass is 445 g/mol. The molecule has 0 saturated heterocycles. The van der Waals surface area contributed by atoms with Crippen molar-refractivity contribution in [2.75, 3.05) is 40.9 Å². The normalized spacial score (nSPS) is 11.8. The van der Waals surface area contributed by atoms with Gasteiger partial charge in [0.15, 0.2) is 11.5 Å². The van der Waals surface area contributed by atoms with Gasteiger partial charge in [0.2, 0.25) is 0 Å². The van der Waals surface area contributed by atoms with Gasteiger partial charge in [-0.15, -0.1) is 0 Å². The molecule has 33 heavy (non-hydrogen) atoms. The van der Waals surface area contributed by atoms with Crippen LogP contribution in [-0.2, 0) is 0 Å². The molecule has 0 unspecified atom stereocenters. The van der Waals surface area contributed by atoms with Crippen LogP contribution in [0.25, 0.3) is 0 Å². The van der Waals surface area contributed by atoms with E-state index in [-0.39, 0.29) is 0 Å². The van der Waals surface area contributed by atoms with Gasteiger partial charge in [-0.1, -0.05) is 18.2 Å². The minimum atomic E-state index is -0.474. The zero-order valence-corrected chi connectivity index (χ0v) is 19.7. The van der Waals surface area contributed by atoms with E-state index in [0.717, 1.165) is 37.6 Å². The van der Waals surface area contributed by atoms with Crippen molar-refractivity contribution in [2.24, 2.45) is 0 Å². The average molecular weight is 446 g/mol. The second-order valence-electron chi connectivity index (χ2n) is 7.77. The van der Waals surface area contributed by atoms with Crippen LogP contribution in [0.3, 0.4) is 0 Å². The third kappa shape index (κ3) is 4.46. The molecule has 1 aliphatic rings. The maximum Gasteiger partial charge on any atom is 0.424 e.